The maximum absolute atomic E-state index is 9.41. The average molecular weight is 219 g/mol. The molecule has 0 saturated heterocycles. The lowest BCUT2D eigenvalue weighted by atomic mass is 9.85. The first-order chi connectivity index (χ1) is 6.48. The molecule has 0 aromatic rings. The van der Waals surface area contributed by atoms with Crippen molar-refractivity contribution in [1.82, 2.24) is 0 Å². The van der Waals surface area contributed by atoms with Crippen LogP contribution in [0.5, 0.6) is 0 Å². The summed E-state index contributed by atoms with van der Waals surface area (Å²) in [7, 11) is 1.65. The van der Waals surface area contributed by atoms with Crippen molar-refractivity contribution in [3.8, 4) is 0 Å². The molecule has 14 heavy (non-hydrogen) atoms. The van der Waals surface area contributed by atoms with E-state index in [-0.39, 0.29) is 12.0 Å². The van der Waals surface area contributed by atoms with E-state index >= 15 is 0 Å². The van der Waals surface area contributed by atoms with Crippen molar-refractivity contribution >= 4 is 11.6 Å². The molecule has 2 saturated carbocycles. The van der Waals surface area contributed by atoms with Crippen LogP contribution in [-0.4, -0.2) is 29.8 Å². The van der Waals surface area contributed by atoms with Gasteiger partial charge in [-0.25, -0.2) is 0 Å². The Morgan fingerprint density at radius 1 is 1.43 bits per heavy atom. The molecule has 0 amide bonds. The van der Waals surface area contributed by atoms with Gasteiger partial charge in [0.05, 0.1) is 12.0 Å². The van der Waals surface area contributed by atoms with E-state index in [1.807, 2.05) is 0 Å². The fraction of sp³-hybridized carbons (Fsp3) is 1.00. The SMILES string of the molecule is CO[C@@]1(CO)C[C@H]2[C@@H](C[C@@H]1Cl)C2(C)C. The normalized spacial score (nSPS) is 49.9. The van der Waals surface area contributed by atoms with Crippen LogP contribution in [0.3, 0.4) is 0 Å². The Kier molecular flexibility index (Phi) is 2.37. The maximum atomic E-state index is 9.41. The molecule has 0 aromatic heterocycles. The molecule has 0 radical (unpaired) electrons. The smallest absolute Gasteiger partial charge is 0.107 e. The van der Waals surface area contributed by atoms with Gasteiger partial charge in [-0.3, -0.25) is 0 Å². The molecule has 2 aliphatic carbocycles. The summed E-state index contributed by atoms with van der Waals surface area (Å²) in [5, 5.41) is 9.37. The van der Waals surface area contributed by atoms with Crippen LogP contribution in [0.1, 0.15) is 26.7 Å². The highest BCUT2D eigenvalue weighted by Crippen LogP contribution is 2.67. The summed E-state index contributed by atoms with van der Waals surface area (Å²) in [6.07, 6.45) is 1.89. The lowest BCUT2D eigenvalue weighted by molar-refractivity contribution is -0.0750. The Hall–Kier alpha value is 0.210. The van der Waals surface area contributed by atoms with E-state index in [4.69, 9.17) is 16.3 Å². The standard InChI is InChI=1S/C11H19ClO2/c1-10(2)7-4-9(12)11(6-13,14-3)5-8(7)10/h7-9,13H,4-6H2,1-3H3/t7-,8+,9+,11-/m1/s1. The quantitative estimate of drug-likeness (QED) is 0.719. The van der Waals surface area contributed by atoms with Gasteiger partial charge in [-0.2, -0.15) is 0 Å². The highest BCUT2D eigenvalue weighted by atomic mass is 35.5. The Balaban J connectivity index is 2.16. The summed E-state index contributed by atoms with van der Waals surface area (Å²) >= 11 is 6.30. The number of rotatable bonds is 2. The van der Waals surface area contributed by atoms with Crippen molar-refractivity contribution in [2.75, 3.05) is 13.7 Å². The first-order valence-electron chi connectivity index (χ1n) is 5.28. The third-order valence-electron chi connectivity index (χ3n) is 4.56. The average Bonchev–Trinajstić information content (AvgIpc) is 2.67. The molecular weight excluding hydrogens is 200 g/mol. The second kappa shape index (κ2) is 3.10. The van der Waals surface area contributed by atoms with Gasteiger partial charge < -0.3 is 9.84 Å². The molecular formula is C11H19ClO2. The first kappa shape index (κ1) is 10.7. The highest BCUT2D eigenvalue weighted by Gasteiger charge is 2.65. The van der Waals surface area contributed by atoms with E-state index < -0.39 is 5.60 Å². The van der Waals surface area contributed by atoms with Crippen LogP contribution >= 0.6 is 11.6 Å². The molecule has 0 unspecified atom stereocenters. The van der Waals surface area contributed by atoms with Crippen molar-refractivity contribution in [1.29, 1.82) is 0 Å². The molecule has 1 N–H and O–H groups in total. The van der Waals surface area contributed by atoms with Crippen LogP contribution in [0.15, 0.2) is 0 Å². The van der Waals surface area contributed by atoms with Crippen LogP contribution in [-0.2, 0) is 4.74 Å². The molecule has 2 nitrogen and oxygen atoms in total. The number of aliphatic hydroxyl groups is 1. The van der Waals surface area contributed by atoms with E-state index in [9.17, 15) is 5.11 Å². The van der Waals surface area contributed by atoms with Crippen molar-refractivity contribution in [2.45, 2.75) is 37.7 Å². The summed E-state index contributed by atoms with van der Waals surface area (Å²) in [6, 6.07) is 0. The number of alkyl halides is 1. The summed E-state index contributed by atoms with van der Waals surface area (Å²) in [5.41, 5.74) is -0.0842. The van der Waals surface area contributed by atoms with Crippen LogP contribution in [0.4, 0.5) is 0 Å². The Labute approximate surface area is 90.6 Å². The van der Waals surface area contributed by atoms with Gasteiger partial charge in [-0.15, -0.1) is 11.6 Å². The summed E-state index contributed by atoms with van der Waals surface area (Å²) < 4.78 is 5.45. The van der Waals surface area contributed by atoms with Crippen molar-refractivity contribution in [3.05, 3.63) is 0 Å². The van der Waals surface area contributed by atoms with Crippen molar-refractivity contribution < 1.29 is 9.84 Å². The summed E-state index contributed by atoms with van der Waals surface area (Å²) in [4.78, 5) is 0. The van der Waals surface area contributed by atoms with E-state index in [0.29, 0.717) is 11.3 Å². The van der Waals surface area contributed by atoms with Crippen LogP contribution in [0.2, 0.25) is 0 Å². The molecule has 0 spiro atoms. The Morgan fingerprint density at radius 3 is 2.57 bits per heavy atom. The molecule has 0 heterocycles. The van der Waals surface area contributed by atoms with Crippen molar-refractivity contribution in [2.24, 2.45) is 17.3 Å². The Morgan fingerprint density at radius 2 is 2.07 bits per heavy atom. The molecule has 4 atom stereocenters. The number of hydrogen-bond donors (Lipinski definition) is 1. The zero-order valence-corrected chi connectivity index (χ0v) is 9.84. The van der Waals surface area contributed by atoms with Gasteiger partial charge in [0.15, 0.2) is 0 Å². The van der Waals surface area contributed by atoms with E-state index in [2.05, 4.69) is 13.8 Å². The molecule has 2 fully saturated rings. The second-order valence-electron chi connectivity index (χ2n) is 5.37. The molecule has 0 bridgehead atoms. The molecule has 82 valence electrons. The fourth-order valence-corrected chi connectivity index (χ4v) is 3.55. The molecule has 0 aliphatic heterocycles. The predicted molar refractivity (Wildman–Crippen MR) is 56.5 cm³/mol. The van der Waals surface area contributed by atoms with Gasteiger partial charge in [0.1, 0.15) is 5.60 Å². The lowest BCUT2D eigenvalue weighted by Crippen LogP contribution is -2.47. The highest BCUT2D eigenvalue weighted by molar-refractivity contribution is 6.21. The lowest BCUT2D eigenvalue weighted by Gasteiger charge is -2.38. The number of ether oxygens (including phenoxy) is 1. The summed E-state index contributed by atoms with van der Waals surface area (Å²) in [6.45, 7) is 4.61. The van der Waals surface area contributed by atoms with E-state index in [1.165, 1.54) is 0 Å². The predicted octanol–water partition coefficient (Wildman–Crippen LogP) is 2.04. The van der Waals surface area contributed by atoms with Gasteiger partial charge in [0, 0.05) is 7.11 Å². The number of hydrogen-bond acceptors (Lipinski definition) is 2. The minimum Gasteiger partial charge on any atom is -0.393 e. The Bertz CT molecular complexity index is 235. The third-order valence-corrected chi connectivity index (χ3v) is 5.14. The summed E-state index contributed by atoms with van der Waals surface area (Å²) in [5.74, 6) is 1.42. The van der Waals surface area contributed by atoms with Gasteiger partial charge in [-0.05, 0) is 30.1 Å². The van der Waals surface area contributed by atoms with Gasteiger partial charge in [0.2, 0.25) is 0 Å². The van der Waals surface area contributed by atoms with Crippen molar-refractivity contribution in [3.63, 3.8) is 0 Å². The van der Waals surface area contributed by atoms with Gasteiger partial charge in [0.25, 0.3) is 0 Å². The molecule has 2 aliphatic rings. The zero-order chi connectivity index (χ0) is 10.6. The number of halogens is 1. The molecule has 2 rings (SSSR count). The minimum absolute atomic E-state index is 0.0387. The second-order valence-corrected chi connectivity index (χ2v) is 5.90. The number of fused-ring (bicyclic) bond motifs is 1. The monoisotopic (exact) mass is 218 g/mol. The molecule has 3 heteroatoms. The third kappa shape index (κ3) is 1.24. The van der Waals surface area contributed by atoms with E-state index in [0.717, 1.165) is 18.8 Å². The van der Waals surface area contributed by atoms with Gasteiger partial charge >= 0.3 is 0 Å². The van der Waals surface area contributed by atoms with Gasteiger partial charge in [-0.1, -0.05) is 13.8 Å². The zero-order valence-electron chi connectivity index (χ0n) is 9.09. The fourth-order valence-electron chi connectivity index (χ4n) is 3.11. The largest absolute Gasteiger partial charge is 0.393 e. The van der Waals surface area contributed by atoms with E-state index in [1.54, 1.807) is 7.11 Å². The van der Waals surface area contributed by atoms with Crippen LogP contribution in [0, 0.1) is 17.3 Å². The number of methoxy groups -OCH3 is 1. The topological polar surface area (TPSA) is 29.5 Å². The van der Waals surface area contributed by atoms with Crippen LogP contribution in [0.25, 0.3) is 0 Å². The number of aliphatic hydroxyl groups excluding tert-OH is 1. The maximum Gasteiger partial charge on any atom is 0.107 e. The first-order valence-corrected chi connectivity index (χ1v) is 5.71. The van der Waals surface area contributed by atoms with Crippen LogP contribution < -0.4 is 0 Å². The molecule has 0 aromatic carbocycles. The minimum atomic E-state index is -0.490.